The summed E-state index contributed by atoms with van der Waals surface area (Å²) in [7, 11) is 0. The molecule has 1 amide bonds. The van der Waals surface area contributed by atoms with E-state index in [2.05, 4.69) is 5.32 Å². The molecule has 1 N–H and O–H groups in total. The number of esters is 1. The average Bonchev–Trinajstić information content (AvgIpc) is 2.81. The van der Waals surface area contributed by atoms with Crippen LogP contribution in [0.3, 0.4) is 0 Å². The maximum absolute atomic E-state index is 12.6. The van der Waals surface area contributed by atoms with Crippen molar-refractivity contribution in [1.82, 2.24) is 0 Å². The topological polar surface area (TPSA) is 97.6 Å². The van der Waals surface area contributed by atoms with Crippen LogP contribution >= 0.6 is 0 Å². The van der Waals surface area contributed by atoms with E-state index in [1.165, 1.54) is 0 Å². The van der Waals surface area contributed by atoms with Crippen LogP contribution in [0.15, 0.2) is 42.5 Å². The van der Waals surface area contributed by atoms with Crippen LogP contribution in [0.2, 0.25) is 0 Å². The van der Waals surface area contributed by atoms with Crippen molar-refractivity contribution in [1.29, 1.82) is 5.26 Å². The molecule has 7 heteroatoms. The van der Waals surface area contributed by atoms with Gasteiger partial charge in [-0.1, -0.05) is 13.3 Å². The number of hydrogen-bond donors (Lipinski definition) is 1. The van der Waals surface area contributed by atoms with Gasteiger partial charge in [0.05, 0.1) is 37.4 Å². The number of amides is 1. The van der Waals surface area contributed by atoms with E-state index in [9.17, 15) is 9.59 Å². The minimum absolute atomic E-state index is 0.180. The lowest BCUT2D eigenvalue weighted by Gasteiger charge is -2.33. The lowest BCUT2D eigenvalue weighted by molar-refractivity contribution is -0.147. The molecule has 0 bridgehead atoms. The molecule has 0 spiro atoms. The smallest absolute Gasteiger partial charge is 0.306 e. The molecule has 0 fully saturated rings. The number of benzene rings is 2. The summed E-state index contributed by atoms with van der Waals surface area (Å²) in [6.45, 7) is 5.21. The van der Waals surface area contributed by atoms with Crippen LogP contribution < -0.4 is 10.1 Å². The van der Waals surface area contributed by atoms with Gasteiger partial charge < -0.3 is 19.5 Å². The maximum atomic E-state index is 12.6. The van der Waals surface area contributed by atoms with Gasteiger partial charge in [-0.25, -0.2) is 0 Å². The van der Waals surface area contributed by atoms with Gasteiger partial charge in [0.15, 0.2) is 0 Å². The predicted molar refractivity (Wildman–Crippen MR) is 119 cm³/mol. The minimum atomic E-state index is -0.339. The van der Waals surface area contributed by atoms with Crippen LogP contribution in [0.5, 0.6) is 5.75 Å². The van der Waals surface area contributed by atoms with Gasteiger partial charge in [0.2, 0.25) is 0 Å². The molecule has 2 aromatic carbocycles. The largest absolute Gasteiger partial charge is 0.493 e. The molecule has 0 aromatic heterocycles. The minimum Gasteiger partial charge on any atom is -0.493 e. The van der Waals surface area contributed by atoms with Gasteiger partial charge in [0, 0.05) is 29.3 Å². The molecule has 1 aliphatic rings. The van der Waals surface area contributed by atoms with Crippen molar-refractivity contribution in [2.24, 2.45) is 5.92 Å². The zero-order valence-corrected chi connectivity index (χ0v) is 18.4. The van der Waals surface area contributed by atoms with E-state index >= 15 is 0 Å². The van der Waals surface area contributed by atoms with Crippen LogP contribution in [0.4, 0.5) is 5.69 Å². The quantitative estimate of drug-likeness (QED) is 0.455. The predicted octanol–water partition coefficient (Wildman–Crippen LogP) is 4.63. The number of ether oxygens (including phenoxy) is 3. The van der Waals surface area contributed by atoms with Crippen molar-refractivity contribution < 1.29 is 23.8 Å². The molecule has 1 heterocycles. The summed E-state index contributed by atoms with van der Waals surface area (Å²) < 4.78 is 17.2. The van der Waals surface area contributed by atoms with Crippen LogP contribution in [0, 0.1) is 17.2 Å². The molecule has 3 rings (SSSR count). The zero-order chi connectivity index (χ0) is 22.9. The van der Waals surface area contributed by atoms with E-state index in [-0.39, 0.29) is 30.3 Å². The number of fused-ring (bicyclic) bond motifs is 1. The first-order valence-electron chi connectivity index (χ1n) is 10.9. The number of carbonyl (C=O) groups is 2. The standard InChI is InChI=1S/C25H28N2O5/c1-3-5-12-31-23(28)13-19-16-32-22-11-10-20(14-21(22)24(19)30-4-2)27-25(29)18-8-6-17(15-26)7-9-18/h6-11,14,19,24H,3-5,12-13,16H2,1-2H3,(H,27,29). The molecule has 32 heavy (non-hydrogen) atoms. The van der Waals surface area contributed by atoms with E-state index in [1.807, 2.05) is 26.0 Å². The SMILES string of the molecule is CCCCOC(=O)CC1COc2ccc(NC(=O)c3ccc(C#N)cc3)cc2C1OCC. The van der Waals surface area contributed by atoms with Gasteiger partial charge in [-0.05, 0) is 55.8 Å². The fourth-order valence-corrected chi connectivity index (χ4v) is 3.59. The van der Waals surface area contributed by atoms with Crippen LogP contribution in [-0.4, -0.2) is 31.7 Å². The van der Waals surface area contributed by atoms with E-state index in [0.29, 0.717) is 42.4 Å². The summed E-state index contributed by atoms with van der Waals surface area (Å²) in [6, 6.07) is 13.8. The highest BCUT2D eigenvalue weighted by atomic mass is 16.5. The Morgan fingerprint density at radius 2 is 1.97 bits per heavy atom. The van der Waals surface area contributed by atoms with E-state index in [4.69, 9.17) is 19.5 Å². The first-order valence-corrected chi connectivity index (χ1v) is 10.9. The molecule has 2 atom stereocenters. The number of rotatable bonds is 9. The Morgan fingerprint density at radius 3 is 2.66 bits per heavy atom. The van der Waals surface area contributed by atoms with Crippen molar-refractivity contribution in [2.75, 3.05) is 25.1 Å². The third-order valence-electron chi connectivity index (χ3n) is 5.27. The molecule has 7 nitrogen and oxygen atoms in total. The van der Waals surface area contributed by atoms with Crippen LogP contribution in [0.1, 0.15) is 60.7 Å². The third kappa shape index (κ3) is 5.86. The third-order valence-corrected chi connectivity index (χ3v) is 5.27. The number of nitriles is 1. The summed E-state index contributed by atoms with van der Waals surface area (Å²) in [4.78, 5) is 24.9. The first-order chi connectivity index (χ1) is 15.5. The van der Waals surface area contributed by atoms with E-state index < -0.39 is 0 Å². The fourth-order valence-electron chi connectivity index (χ4n) is 3.59. The highest BCUT2D eigenvalue weighted by molar-refractivity contribution is 6.04. The number of carbonyl (C=O) groups excluding carboxylic acids is 2. The van der Waals surface area contributed by atoms with Gasteiger partial charge in [0.25, 0.3) is 5.91 Å². The monoisotopic (exact) mass is 436 g/mol. The molecule has 0 radical (unpaired) electrons. The molecule has 2 unspecified atom stereocenters. The van der Waals surface area contributed by atoms with Crippen LogP contribution in [0.25, 0.3) is 0 Å². The summed E-state index contributed by atoms with van der Waals surface area (Å²) in [6.07, 6.45) is 1.67. The molecular formula is C25H28N2O5. The fraction of sp³-hybridized carbons (Fsp3) is 0.400. The lowest BCUT2D eigenvalue weighted by Crippen LogP contribution is -2.30. The average molecular weight is 437 g/mol. The van der Waals surface area contributed by atoms with Crippen molar-refractivity contribution in [3.8, 4) is 11.8 Å². The highest BCUT2D eigenvalue weighted by Gasteiger charge is 2.34. The Kier molecular flexibility index (Phi) is 8.23. The van der Waals surface area contributed by atoms with E-state index in [1.54, 1.807) is 36.4 Å². The normalized spacial score (nSPS) is 16.9. The summed E-state index contributed by atoms with van der Waals surface area (Å²) in [5.41, 5.74) is 2.33. The van der Waals surface area contributed by atoms with Crippen molar-refractivity contribution in [3.05, 3.63) is 59.2 Å². The summed E-state index contributed by atoms with van der Waals surface area (Å²) >= 11 is 0. The Labute approximate surface area is 188 Å². The van der Waals surface area contributed by atoms with Gasteiger partial charge in [-0.2, -0.15) is 5.26 Å². The Morgan fingerprint density at radius 1 is 1.19 bits per heavy atom. The molecular weight excluding hydrogens is 408 g/mol. The molecule has 0 aliphatic carbocycles. The maximum Gasteiger partial charge on any atom is 0.306 e. The number of nitrogens with one attached hydrogen (secondary N) is 1. The number of anilines is 1. The second-order valence-corrected chi connectivity index (χ2v) is 7.62. The Balaban J connectivity index is 1.74. The summed E-state index contributed by atoms with van der Waals surface area (Å²) in [5, 5.41) is 11.8. The molecule has 2 aromatic rings. The summed E-state index contributed by atoms with van der Waals surface area (Å²) in [5.74, 6) is -0.0443. The van der Waals surface area contributed by atoms with Crippen molar-refractivity contribution in [3.63, 3.8) is 0 Å². The zero-order valence-electron chi connectivity index (χ0n) is 18.4. The molecule has 0 saturated heterocycles. The Bertz CT molecular complexity index is 981. The van der Waals surface area contributed by atoms with Gasteiger partial charge >= 0.3 is 5.97 Å². The van der Waals surface area contributed by atoms with Gasteiger partial charge in [-0.3, -0.25) is 9.59 Å². The lowest BCUT2D eigenvalue weighted by atomic mass is 9.90. The van der Waals surface area contributed by atoms with E-state index in [0.717, 1.165) is 18.4 Å². The number of hydrogen-bond acceptors (Lipinski definition) is 6. The molecule has 0 saturated carbocycles. The number of nitrogens with zero attached hydrogens (tertiary/aromatic N) is 1. The van der Waals surface area contributed by atoms with Gasteiger partial charge in [0.1, 0.15) is 5.75 Å². The number of unbranched alkanes of at least 4 members (excludes halogenated alkanes) is 1. The first kappa shape index (κ1) is 23.3. The molecule has 168 valence electrons. The van der Waals surface area contributed by atoms with Crippen LogP contribution in [-0.2, 0) is 14.3 Å². The second-order valence-electron chi connectivity index (χ2n) is 7.62. The van der Waals surface area contributed by atoms with Crippen molar-refractivity contribution >= 4 is 17.6 Å². The molecule has 1 aliphatic heterocycles. The van der Waals surface area contributed by atoms with Gasteiger partial charge in [-0.15, -0.1) is 0 Å². The Hall–Kier alpha value is -3.37. The second kappa shape index (κ2) is 11.3. The van der Waals surface area contributed by atoms with Crippen molar-refractivity contribution in [2.45, 2.75) is 39.2 Å². The highest BCUT2D eigenvalue weighted by Crippen LogP contribution is 2.41.